The molecule has 0 unspecified atom stereocenters. The Labute approximate surface area is 121 Å². The highest BCUT2D eigenvalue weighted by Gasteiger charge is 2.37. The summed E-state index contributed by atoms with van der Waals surface area (Å²) in [7, 11) is 5.45. The monoisotopic (exact) mass is 307 g/mol. The van der Waals surface area contributed by atoms with Crippen LogP contribution in [0.1, 0.15) is 5.69 Å². The molecule has 0 aliphatic heterocycles. The van der Waals surface area contributed by atoms with Crippen LogP contribution in [0.2, 0.25) is 0 Å². The maximum atomic E-state index is 13.1. The molecule has 11 heteroatoms. The topological polar surface area (TPSA) is 89.6 Å². The van der Waals surface area contributed by atoms with Gasteiger partial charge in [0, 0.05) is 12.3 Å². The van der Waals surface area contributed by atoms with Crippen LogP contribution in [0, 0.1) is 0 Å². The number of nitrogens with zero attached hydrogens (tertiary/aromatic N) is 4. The first-order valence-electron chi connectivity index (χ1n) is 5.80. The Morgan fingerprint density at radius 2 is 2.09 bits per heavy atom. The molecule has 3 aromatic rings. The summed E-state index contributed by atoms with van der Waals surface area (Å²) in [5.41, 5.74) is -0.995. The number of hydrogen-bond acceptors (Lipinski definition) is 5. The maximum Gasteiger partial charge on any atom is 0.439 e. The van der Waals surface area contributed by atoms with Gasteiger partial charge in [0.15, 0.2) is 11.5 Å². The Hall–Kier alpha value is -2.85. The lowest BCUT2D eigenvalue weighted by molar-refractivity contribution is -0.142. The Kier molecular flexibility index (Phi) is 3.12. The first kappa shape index (κ1) is 14.1. The van der Waals surface area contributed by atoms with E-state index in [1.54, 1.807) is 0 Å². The van der Waals surface area contributed by atoms with E-state index in [2.05, 4.69) is 24.7 Å². The molecule has 3 rings (SSSR count). The van der Waals surface area contributed by atoms with Crippen molar-refractivity contribution in [2.24, 2.45) is 0 Å². The van der Waals surface area contributed by atoms with Crippen molar-refractivity contribution in [2.75, 3.05) is 0 Å². The molecule has 0 aliphatic rings. The molecule has 2 radical (unpaired) electrons. The van der Waals surface area contributed by atoms with Crippen molar-refractivity contribution in [2.45, 2.75) is 6.18 Å². The van der Waals surface area contributed by atoms with E-state index >= 15 is 0 Å². The molecule has 0 fully saturated rings. The molecular weight excluding hydrogens is 302 g/mol. The van der Waals surface area contributed by atoms with Gasteiger partial charge >= 0.3 is 11.9 Å². The molecule has 0 atom stereocenters. The van der Waals surface area contributed by atoms with Crippen LogP contribution in [-0.4, -0.2) is 32.8 Å². The normalized spacial score (nSPS) is 11.8. The van der Waals surface area contributed by atoms with Crippen LogP contribution in [0.25, 0.3) is 17.3 Å². The number of alkyl halides is 3. The van der Waals surface area contributed by atoms with Crippen molar-refractivity contribution in [3.63, 3.8) is 0 Å². The number of aromatic amines is 1. The number of pyridine rings is 1. The fourth-order valence-corrected chi connectivity index (χ4v) is 1.74. The summed E-state index contributed by atoms with van der Waals surface area (Å²) in [6, 6.07) is 3.40. The van der Waals surface area contributed by atoms with Gasteiger partial charge in [0.1, 0.15) is 13.5 Å². The zero-order valence-electron chi connectivity index (χ0n) is 10.6. The van der Waals surface area contributed by atoms with E-state index in [1.807, 2.05) is 0 Å². The average Bonchev–Trinajstić information content (AvgIpc) is 3.05. The number of hydrogen-bond donors (Lipinski definition) is 1. The van der Waals surface area contributed by atoms with Crippen molar-refractivity contribution in [3.8, 4) is 17.3 Å². The van der Waals surface area contributed by atoms with Gasteiger partial charge in [0.2, 0.25) is 5.82 Å². The maximum absolute atomic E-state index is 13.1. The molecular formula is C11H5BF3N5O2. The van der Waals surface area contributed by atoms with E-state index in [0.717, 1.165) is 6.07 Å². The quantitative estimate of drug-likeness (QED) is 0.693. The standard InChI is InChI=1S/C11H5BF3N5O2/c12-5-1-2-8(16-4-5)20-7(11(13,14)15)3-6(18-20)9-17-10(21)22-19-9/h1-4H,(H,17,19,21). The summed E-state index contributed by atoms with van der Waals surface area (Å²) in [5.74, 6) is -1.20. The average molecular weight is 307 g/mol. The Balaban J connectivity index is 2.17. The van der Waals surface area contributed by atoms with Crippen molar-refractivity contribution in [1.82, 2.24) is 24.9 Å². The van der Waals surface area contributed by atoms with Crippen LogP contribution in [-0.2, 0) is 6.18 Å². The molecule has 0 spiro atoms. The van der Waals surface area contributed by atoms with Crippen molar-refractivity contribution < 1.29 is 17.7 Å². The number of halogens is 3. The molecule has 22 heavy (non-hydrogen) atoms. The summed E-state index contributed by atoms with van der Waals surface area (Å²) >= 11 is 0. The smallest absolute Gasteiger partial charge is 0.296 e. The van der Waals surface area contributed by atoms with Gasteiger partial charge in [-0.05, 0) is 6.07 Å². The van der Waals surface area contributed by atoms with Crippen molar-refractivity contribution in [1.29, 1.82) is 0 Å². The van der Waals surface area contributed by atoms with Crippen molar-refractivity contribution in [3.05, 3.63) is 40.6 Å². The summed E-state index contributed by atoms with van der Waals surface area (Å²) < 4.78 is 44.2. The van der Waals surface area contributed by atoms with Gasteiger partial charge in [-0.15, -0.1) is 0 Å². The first-order valence-corrected chi connectivity index (χ1v) is 5.80. The van der Waals surface area contributed by atoms with Crippen LogP contribution in [0.4, 0.5) is 13.2 Å². The summed E-state index contributed by atoms with van der Waals surface area (Å²) in [6.07, 6.45) is -3.48. The van der Waals surface area contributed by atoms with E-state index < -0.39 is 17.6 Å². The van der Waals surface area contributed by atoms with Gasteiger partial charge < -0.3 is 0 Å². The molecule has 3 heterocycles. The predicted molar refractivity (Wildman–Crippen MR) is 67.9 cm³/mol. The minimum Gasteiger partial charge on any atom is -0.296 e. The Bertz CT molecular complexity index is 865. The summed E-state index contributed by atoms with van der Waals surface area (Å²) in [4.78, 5) is 16.8. The zero-order chi connectivity index (χ0) is 15.9. The third-order valence-corrected chi connectivity index (χ3v) is 2.67. The highest BCUT2D eigenvalue weighted by molar-refractivity contribution is 6.32. The minimum absolute atomic E-state index is 0.0846. The predicted octanol–water partition coefficient (Wildman–Crippen LogP) is 0.423. The second kappa shape index (κ2) is 4.86. The van der Waals surface area contributed by atoms with Gasteiger partial charge in [-0.1, -0.05) is 16.7 Å². The minimum atomic E-state index is -4.68. The van der Waals surface area contributed by atoms with Gasteiger partial charge in [-0.2, -0.15) is 18.3 Å². The zero-order valence-corrected chi connectivity index (χ0v) is 10.6. The molecule has 0 saturated heterocycles. The summed E-state index contributed by atoms with van der Waals surface area (Å²) in [6.45, 7) is 0. The van der Waals surface area contributed by atoms with E-state index in [9.17, 15) is 18.0 Å². The molecule has 0 aliphatic carbocycles. The van der Waals surface area contributed by atoms with Crippen LogP contribution < -0.4 is 11.2 Å². The van der Waals surface area contributed by atoms with Gasteiger partial charge in [0.25, 0.3) is 0 Å². The third-order valence-electron chi connectivity index (χ3n) is 2.67. The largest absolute Gasteiger partial charge is 0.439 e. The Morgan fingerprint density at radius 1 is 1.32 bits per heavy atom. The second-order valence-corrected chi connectivity index (χ2v) is 4.22. The Morgan fingerprint density at radius 3 is 2.64 bits per heavy atom. The molecule has 110 valence electrons. The van der Waals surface area contributed by atoms with E-state index in [0.29, 0.717) is 10.1 Å². The highest BCUT2D eigenvalue weighted by atomic mass is 19.4. The molecule has 7 nitrogen and oxygen atoms in total. The van der Waals surface area contributed by atoms with Crippen LogP contribution in [0.15, 0.2) is 33.7 Å². The van der Waals surface area contributed by atoms with E-state index in [4.69, 9.17) is 7.85 Å². The van der Waals surface area contributed by atoms with Gasteiger partial charge in [0.05, 0.1) is 0 Å². The molecule has 3 aromatic heterocycles. The molecule has 0 saturated carbocycles. The fourth-order valence-electron chi connectivity index (χ4n) is 1.74. The highest BCUT2D eigenvalue weighted by Crippen LogP contribution is 2.32. The fraction of sp³-hybridized carbons (Fsp3) is 0.0909. The van der Waals surface area contributed by atoms with E-state index in [1.165, 1.54) is 18.3 Å². The van der Waals surface area contributed by atoms with Crippen LogP contribution in [0.3, 0.4) is 0 Å². The third kappa shape index (κ3) is 2.52. The molecule has 1 N–H and O–H groups in total. The SMILES string of the molecule is [B]c1ccc(-n2nc(-c3noc(=O)[nH]3)cc2C(F)(F)F)nc1. The lowest BCUT2D eigenvalue weighted by atomic mass is 9.99. The number of H-pyrrole nitrogens is 1. The lowest BCUT2D eigenvalue weighted by Crippen LogP contribution is -2.15. The second-order valence-electron chi connectivity index (χ2n) is 4.22. The van der Waals surface area contributed by atoms with Gasteiger partial charge in [-0.3, -0.25) is 9.51 Å². The van der Waals surface area contributed by atoms with E-state index in [-0.39, 0.29) is 17.3 Å². The molecule has 0 aromatic carbocycles. The molecule has 0 amide bonds. The van der Waals surface area contributed by atoms with Crippen LogP contribution >= 0.6 is 0 Å². The number of rotatable bonds is 2. The molecule has 0 bridgehead atoms. The lowest BCUT2D eigenvalue weighted by Gasteiger charge is -2.09. The number of nitrogens with one attached hydrogen (secondary N) is 1. The number of aromatic nitrogens is 5. The van der Waals surface area contributed by atoms with Crippen LogP contribution in [0.5, 0.6) is 0 Å². The first-order chi connectivity index (χ1) is 10.3. The van der Waals surface area contributed by atoms with Gasteiger partial charge in [-0.25, -0.2) is 14.5 Å². The van der Waals surface area contributed by atoms with Crippen molar-refractivity contribution >= 4 is 13.3 Å². The summed E-state index contributed by atoms with van der Waals surface area (Å²) in [5, 5.41) is 7.06.